The highest BCUT2D eigenvalue weighted by Gasteiger charge is 2.65. The molecule has 4 aliphatic rings. The average Bonchev–Trinajstić information content (AvgIpc) is 2.86. The van der Waals surface area contributed by atoms with Crippen molar-refractivity contribution in [3.8, 4) is 0 Å². The van der Waals surface area contributed by atoms with Crippen molar-refractivity contribution in [3.05, 3.63) is 64.7 Å². The summed E-state index contributed by atoms with van der Waals surface area (Å²) in [6.45, 7) is 11.6. The van der Waals surface area contributed by atoms with Crippen LogP contribution in [0, 0.1) is 23.2 Å². The molecule has 1 aliphatic heterocycles. The van der Waals surface area contributed by atoms with Gasteiger partial charge in [0.15, 0.2) is 0 Å². The molecule has 5 nitrogen and oxygen atoms in total. The van der Waals surface area contributed by atoms with Gasteiger partial charge in [-0.1, -0.05) is 37.6 Å². The zero-order valence-corrected chi connectivity index (χ0v) is 21.8. The van der Waals surface area contributed by atoms with E-state index >= 15 is 0 Å². The number of halogens is 1. The van der Waals surface area contributed by atoms with Crippen molar-refractivity contribution in [1.82, 2.24) is 4.90 Å². The Balaban J connectivity index is 1.25. The van der Waals surface area contributed by atoms with Gasteiger partial charge in [0.25, 0.3) is 0 Å². The Hall–Kier alpha value is -2.08. The van der Waals surface area contributed by atoms with E-state index in [0.717, 1.165) is 56.8 Å². The van der Waals surface area contributed by atoms with Crippen molar-refractivity contribution < 1.29 is 14.6 Å². The second-order valence-corrected chi connectivity index (χ2v) is 11.6. The lowest BCUT2D eigenvalue weighted by molar-refractivity contribution is -0.243. The molecule has 1 heterocycles. The van der Waals surface area contributed by atoms with Crippen LogP contribution < -0.4 is 4.90 Å². The number of fused-ring (bicyclic) bond motifs is 2. The molecule has 2 aromatic rings. The van der Waals surface area contributed by atoms with Crippen molar-refractivity contribution >= 4 is 23.3 Å². The Morgan fingerprint density at radius 3 is 2.29 bits per heavy atom. The summed E-state index contributed by atoms with van der Waals surface area (Å²) in [4.78, 5) is 16.8. The highest BCUT2D eigenvalue weighted by molar-refractivity contribution is 6.30. The Labute approximate surface area is 214 Å². The number of esters is 1. The van der Waals surface area contributed by atoms with Crippen molar-refractivity contribution in [2.24, 2.45) is 23.2 Å². The van der Waals surface area contributed by atoms with E-state index < -0.39 is 5.60 Å². The SMILES string of the molecule is CCOC(=O)c1ccc(N2CCN(CC3C[C@H]4CC(C3(O)c3ccc(Cl)cc3)C4(C)C)CC2)cc1. The van der Waals surface area contributed by atoms with Crippen LogP contribution in [0.4, 0.5) is 5.69 Å². The molecule has 35 heavy (non-hydrogen) atoms. The van der Waals surface area contributed by atoms with Crippen molar-refractivity contribution in [1.29, 1.82) is 0 Å². The fraction of sp³-hybridized carbons (Fsp3) is 0.552. The maximum Gasteiger partial charge on any atom is 0.338 e. The van der Waals surface area contributed by atoms with E-state index in [1.165, 1.54) is 0 Å². The molecular weight excluding hydrogens is 460 g/mol. The normalized spacial score (nSPS) is 30.0. The average molecular weight is 497 g/mol. The number of nitrogens with zero attached hydrogens (tertiary/aromatic N) is 2. The number of carbonyl (C=O) groups excluding carboxylic acids is 1. The lowest BCUT2D eigenvalue weighted by Gasteiger charge is -2.66. The molecule has 2 bridgehead atoms. The maximum atomic E-state index is 12.3. The van der Waals surface area contributed by atoms with Crippen LogP contribution in [0.3, 0.4) is 0 Å². The molecule has 0 amide bonds. The minimum Gasteiger partial charge on any atom is -0.462 e. The van der Waals surface area contributed by atoms with E-state index in [1.807, 2.05) is 55.5 Å². The van der Waals surface area contributed by atoms with Crippen LogP contribution in [-0.2, 0) is 10.3 Å². The van der Waals surface area contributed by atoms with Gasteiger partial charge in [-0.05, 0) is 79.0 Å². The molecule has 0 spiro atoms. The van der Waals surface area contributed by atoms with E-state index in [4.69, 9.17) is 16.3 Å². The molecule has 6 rings (SSSR count). The highest BCUT2D eigenvalue weighted by atomic mass is 35.5. The first-order chi connectivity index (χ1) is 16.7. The first kappa shape index (κ1) is 24.6. The van der Waals surface area contributed by atoms with Gasteiger partial charge in [-0.25, -0.2) is 4.79 Å². The third-order valence-electron chi connectivity index (χ3n) is 9.09. The van der Waals surface area contributed by atoms with Crippen LogP contribution >= 0.6 is 11.6 Å². The van der Waals surface area contributed by atoms with E-state index in [9.17, 15) is 9.90 Å². The lowest BCUT2D eigenvalue weighted by atomic mass is 9.40. The molecular formula is C29H37ClN2O3. The van der Waals surface area contributed by atoms with Gasteiger partial charge in [0.05, 0.1) is 17.8 Å². The van der Waals surface area contributed by atoms with E-state index in [-0.39, 0.29) is 23.2 Å². The second kappa shape index (κ2) is 9.42. The monoisotopic (exact) mass is 496 g/mol. The van der Waals surface area contributed by atoms with Crippen LogP contribution in [0.2, 0.25) is 5.02 Å². The van der Waals surface area contributed by atoms with E-state index in [0.29, 0.717) is 23.1 Å². The number of benzene rings is 2. The molecule has 3 saturated carbocycles. The topological polar surface area (TPSA) is 53.0 Å². The van der Waals surface area contributed by atoms with Crippen molar-refractivity contribution in [2.45, 2.75) is 39.2 Å². The fourth-order valence-corrected chi connectivity index (χ4v) is 6.99. The second-order valence-electron chi connectivity index (χ2n) is 11.1. The summed E-state index contributed by atoms with van der Waals surface area (Å²) >= 11 is 6.18. The van der Waals surface area contributed by atoms with Gasteiger partial charge in [0, 0.05) is 49.4 Å². The first-order valence-corrected chi connectivity index (χ1v) is 13.3. The summed E-state index contributed by atoms with van der Waals surface area (Å²) in [6, 6.07) is 15.6. The first-order valence-electron chi connectivity index (χ1n) is 13.0. The van der Waals surface area contributed by atoms with Crippen molar-refractivity contribution in [3.63, 3.8) is 0 Å². The Morgan fingerprint density at radius 1 is 1.03 bits per heavy atom. The quantitative estimate of drug-likeness (QED) is 0.556. The number of anilines is 1. The number of hydrogen-bond acceptors (Lipinski definition) is 5. The molecule has 1 saturated heterocycles. The van der Waals surface area contributed by atoms with Crippen LogP contribution in [0.5, 0.6) is 0 Å². The molecule has 3 aliphatic carbocycles. The molecule has 3 unspecified atom stereocenters. The van der Waals surface area contributed by atoms with Crippen LogP contribution in [0.25, 0.3) is 0 Å². The van der Waals surface area contributed by atoms with Crippen LogP contribution in [0.15, 0.2) is 48.5 Å². The largest absolute Gasteiger partial charge is 0.462 e. The zero-order chi connectivity index (χ0) is 24.8. The molecule has 1 N–H and O–H groups in total. The smallest absolute Gasteiger partial charge is 0.338 e. The number of ether oxygens (including phenoxy) is 1. The minimum absolute atomic E-state index is 0.166. The van der Waals surface area contributed by atoms with Gasteiger partial charge in [-0.2, -0.15) is 0 Å². The zero-order valence-electron chi connectivity index (χ0n) is 21.0. The standard InChI is InChI=1S/C29H37ClN2O3/c1-4-35-27(33)20-5-11-25(12-6-20)32-15-13-31(14-16-32)19-23-17-22-18-26(28(22,2)3)29(23,34)21-7-9-24(30)10-8-21/h5-12,22-23,26,34H,4,13-19H2,1-3H3/t22-,23?,26?,29?/m0/s1. The van der Waals surface area contributed by atoms with Crippen LogP contribution in [0.1, 0.15) is 49.5 Å². The van der Waals surface area contributed by atoms with E-state index in [2.05, 4.69) is 23.6 Å². The fourth-order valence-electron chi connectivity index (χ4n) is 6.86. The molecule has 4 atom stereocenters. The minimum atomic E-state index is -0.817. The number of rotatable bonds is 6. The van der Waals surface area contributed by atoms with Gasteiger partial charge >= 0.3 is 5.97 Å². The molecule has 0 radical (unpaired) electrons. The third-order valence-corrected chi connectivity index (χ3v) is 9.35. The molecule has 188 valence electrons. The number of hydrogen-bond donors (Lipinski definition) is 1. The summed E-state index contributed by atoms with van der Waals surface area (Å²) < 4.78 is 5.09. The summed E-state index contributed by atoms with van der Waals surface area (Å²) in [5.41, 5.74) is 2.09. The Bertz CT molecular complexity index is 1050. The highest BCUT2D eigenvalue weighted by Crippen LogP contribution is 2.67. The Kier molecular flexibility index (Phi) is 6.62. The van der Waals surface area contributed by atoms with E-state index in [1.54, 1.807) is 0 Å². The molecule has 0 aromatic heterocycles. The lowest BCUT2D eigenvalue weighted by Crippen LogP contribution is -2.65. The molecule has 4 fully saturated rings. The summed E-state index contributed by atoms with van der Waals surface area (Å²) in [5.74, 6) is 0.907. The van der Waals surface area contributed by atoms with Gasteiger partial charge in [-0.3, -0.25) is 4.90 Å². The van der Waals surface area contributed by atoms with Crippen molar-refractivity contribution in [2.75, 3.05) is 44.2 Å². The molecule has 6 heteroatoms. The number of aliphatic hydroxyl groups is 1. The van der Waals surface area contributed by atoms with Gasteiger partial charge in [-0.15, -0.1) is 0 Å². The Morgan fingerprint density at radius 2 is 1.69 bits per heavy atom. The van der Waals surface area contributed by atoms with Gasteiger partial charge in [0.2, 0.25) is 0 Å². The van der Waals surface area contributed by atoms with Crippen LogP contribution in [-0.4, -0.2) is 55.3 Å². The van der Waals surface area contributed by atoms with Gasteiger partial charge < -0.3 is 14.7 Å². The number of piperazine rings is 1. The maximum absolute atomic E-state index is 12.3. The predicted molar refractivity (Wildman–Crippen MR) is 140 cm³/mol. The predicted octanol–water partition coefficient (Wildman–Crippen LogP) is 5.21. The van der Waals surface area contributed by atoms with Gasteiger partial charge in [0.1, 0.15) is 0 Å². The summed E-state index contributed by atoms with van der Waals surface area (Å²) in [5, 5.41) is 13.0. The summed E-state index contributed by atoms with van der Waals surface area (Å²) in [6.07, 6.45) is 2.18. The molecule has 2 aromatic carbocycles. The third kappa shape index (κ3) is 4.36. The number of carbonyl (C=O) groups is 1. The summed E-state index contributed by atoms with van der Waals surface area (Å²) in [7, 11) is 0.